The predicted octanol–water partition coefficient (Wildman–Crippen LogP) is 13.3. The molecule has 0 fully saturated rings. The number of fused-ring (bicyclic) bond motifs is 18. The molecule has 0 unspecified atom stereocenters. The maximum atomic E-state index is 5.84. The van der Waals surface area contributed by atoms with Crippen molar-refractivity contribution in [1.82, 2.24) is 9.97 Å². The molecule has 4 heterocycles. The highest BCUT2D eigenvalue weighted by Crippen LogP contribution is 2.69. The number of benzene rings is 7. The lowest BCUT2D eigenvalue weighted by atomic mass is 9.60. The Morgan fingerprint density at radius 2 is 0.627 bits per heavy atom. The smallest absolute Gasteiger partial charge is 0.144 e. The van der Waals surface area contributed by atoms with Crippen LogP contribution in [0.1, 0.15) is 55.6 Å². The molecule has 276 valence electrons. The molecule has 59 heavy (non-hydrogen) atoms. The molecule has 0 atom stereocenters. The van der Waals surface area contributed by atoms with Crippen molar-refractivity contribution in [3.8, 4) is 44.8 Å². The van der Waals surface area contributed by atoms with Crippen LogP contribution < -0.4 is 4.90 Å². The summed E-state index contributed by atoms with van der Waals surface area (Å²) in [7, 11) is 0. The zero-order chi connectivity index (χ0) is 39.0. The zero-order valence-corrected chi connectivity index (χ0v) is 32.7. The van der Waals surface area contributed by atoms with Crippen molar-refractivity contribution in [3.05, 3.63) is 244 Å². The number of hydrogen-bond acceptors (Lipinski definition) is 3. The maximum Gasteiger partial charge on any atom is 0.144 e. The molecule has 2 spiro atoms. The Kier molecular flexibility index (Phi) is 6.44. The largest absolute Gasteiger partial charge is 0.278 e. The first-order chi connectivity index (χ1) is 29.1. The molecule has 0 saturated carbocycles. The van der Waals surface area contributed by atoms with Gasteiger partial charge >= 0.3 is 0 Å². The molecule has 0 saturated heterocycles. The van der Waals surface area contributed by atoms with E-state index in [-0.39, 0.29) is 0 Å². The van der Waals surface area contributed by atoms with E-state index in [0.29, 0.717) is 0 Å². The summed E-state index contributed by atoms with van der Waals surface area (Å²) in [4.78, 5) is 14.1. The van der Waals surface area contributed by atoms with Crippen molar-refractivity contribution in [2.45, 2.75) is 24.7 Å². The van der Waals surface area contributed by atoms with Crippen LogP contribution in [-0.2, 0) is 10.8 Å². The lowest BCUT2D eigenvalue weighted by Gasteiger charge is -2.50. The summed E-state index contributed by atoms with van der Waals surface area (Å²) < 4.78 is 0. The van der Waals surface area contributed by atoms with E-state index >= 15 is 0 Å². The standard InChI is InChI=1S/C56H37N3/c1-34-16-3-5-18-36(34)50-32-30-48-53(57-50)59-52-46(55(48)42-24-11-7-20-38(42)39-21-8-12-25-43(39)55)28-15-29-47(52)56(44-26-13-9-22-40(44)41-23-10-14-27-45(41)56)49-31-33-51(58-54(49)59)37-19-6-4-17-35(37)2/h3-33H,1-2H3. The van der Waals surface area contributed by atoms with Gasteiger partial charge in [-0.2, -0.15) is 0 Å². The maximum absolute atomic E-state index is 5.84. The Labute approximate surface area is 344 Å². The average molecular weight is 752 g/mol. The second kappa shape index (κ2) is 11.6. The average Bonchev–Trinajstić information content (AvgIpc) is 3.75. The van der Waals surface area contributed by atoms with E-state index in [0.717, 1.165) is 51.0 Å². The van der Waals surface area contributed by atoms with E-state index in [2.05, 4.69) is 207 Å². The van der Waals surface area contributed by atoms with Gasteiger partial charge in [-0.1, -0.05) is 176 Å². The summed E-state index contributed by atoms with van der Waals surface area (Å²) >= 11 is 0. The van der Waals surface area contributed by atoms with Crippen LogP contribution in [0.4, 0.5) is 17.3 Å². The Morgan fingerprint density at radius 1 is 0.305 bits per heavy atom. The van der Waals surface area contributed by atoms with Crippen molar-refractivity contribution in [2.75, 3.05) is 4.90 Å². The third-order valence-corrected chi connectivity index (χ3v) is 13.8. The van der Waals surface area contributed by atoms with Crippen molar-refractivity contribution in [1.29, 1.82) is 0 Å². The minimum Gasteiger partial charge on any atom is -0.278 e. The van der Waals surface area contributed by atoms with Gasteiger partial charge in [0.2, 0.25) is 0 Å². The number of aryl methyl sites for hydroxylation is 2. The van der Waals surface area contributed by atoms with Gasteiger partial charge in [0, 0.05) is 22.3 Å². The summed E-state index contributed by atoms with van der Waals surface area (Å²) in [6.45, 7) is 4.36. The van der Waals surface area contributed by atoms with Gasteiger partial charge in [-0.25, -0.2) is 9.97 Å². The lowest BCUT2D eigenvalue weighted by Crippen LogP contribution is -2.43. The van der Waals surface area contributed by atoms with Crippen LogP contribution in [0, 0.1) is 13.8 Å². The topological polar surface area (TPSA) is 29.0 Å². The Hall–Kier alpha value is -7.36. The molecule has 7 aromatic carbocycles. The van der Waals surface area contributed by atoms with Gasteiger partial charge in [0.1, 0.15) is 11.6 Å². The molecular weight excluding hydrogens is 715 g/mol. The molecule has 3 heteroatoms. The summed E-state index contributed by atoms with van der Waals surface area (Å²) in [5.41, 5.74) is 21.5. The van der Waals surface area contributed by atoms with Crippen LogP contribution >= 0.6 is 0 Å². The second-order valence-electron chi connectivity index (χ2n) is 16.5. The van der Waals surface area contributed by atoms with Gasteiger partial charge in [-0.3, -0.25) is 4.90 Å². The van der Waals surface area contributed by atoms with Gasteiger partial charge in [-0.05, 0) is 92.7 Å². The fourth-order valence-electron chi connectivity index (χ4n) is 11.5. The van der Waals surface area contributed by atoms with E-state index in [1.165, 1.54) is 66.8 Å². The van der Waals surface area contributed by atoms with E-state index in [1.54, 1.807) is 0 Å². The van der Waals surface area contributed by atoms with Crippen LogP contribution in [0.2, 0.25) is 0 Å². The summed E-state index contributed by atoms with van der Waals surface area (Å²) in [5.74, 6) is 1.84. The molecule has 4 aliphatic rings. The van der Waals surface area contributed by atoms with Gasteiger partial charge in [0.15, 0.2) is 0 Å². The van der Waals surface area contributed by atoms with E-state index in [4.69, 9.17) is 9.97 Å². The predicted molar refractivity (Wildman–Crippen MR) is 239 cm³/mol. The minimum absolute atomic E-state index is 0.633. The number of hydrogen-bond donors (Lipinski definition) is 0. The third kappa shape index (κ3) is 3.93. The van der Waals surface area contributed by atoms with Crippen LogP contribution in [-0.4, -0.2) is 9.97 Å². The van der Waals surface area contributed by atoms with Gasteiger partial charge < -0.3 is 0 Å². The molecule has 2 aliphatic carbocycles. The number of anilines is 3. The molecule has 0 radical (unpaired) electrons. The summed E-state index contributed by atoms with van der Waals surface area (Å²) in [5, 5.41) is 0. The molecule has 0 amide bonds. The number of para-hydroxylation sites is 1. The highest BCUT2D eigenvalue weighted by molar-refractivity contribution is 6.01. The zero-order valence-electron chi connectivity index (χ0n) is 32.7. The molecule has 3 nitrogen and oxygen atoms in total. The van der Waals surface area contributed by atoms with Crippen molar-refractivity contribution in [2.24, 2.45) is 0 Å². The van der Waals surface area contributed by atoms with E-state index < -0.39 is 10.8 Å². The first-order valence-electron chi connectivity index (χ1n) is 20.6. The van der Waals surface area contributed by atoms with Crippen molar-refractivity contribution < 1.29 is 0 Å². The van der Waals surface area contributed by atoms with Crippen molar-refractivity contribution >= 4 is 17.3 Å². The molecule has 9 aromatic rings. The Morgan fingerprint density at radius 3 is 1.00 bits per heavy atom. The molecule has 2 aromatic heterocycles. The Bertz CT molecular complexity index is 2980. The molecule has 13 rings (SSSR count). The molecule has 0 bridgehead atoms. The van der Waals surface area contributed by atoms with Crippen LogP contribution in [0.3, 0.4) is 0 Å². The number of rotatable bonds is 2. The summed E-state index contributed by atoms with van der Waals surface area (Å²) in [6, 6.07) is 69.7. The van der Waals surface area contributed by atoms with E-state index in [1.807, 2.05) is 0 Å². The monoisotopic (exact) mass is 751 g/mol. The highest BCUT2D eigenvalue weighted by Gasteiger charge is 2.59. The fraction of sp³-hybridized carbons (Fsp3) is 0.0714. The molecular formula is C56H37N3. The van der Waals surface area contributed by atoms with E-state index in [9.17, 15) is 0 Å². The normalized spacial score (nSPS) is 14.8. The Balaban J connectivity index is 1.24. The number of aromatic nitrogens is 2. The van der Waals surface area contributed by atoms with Crippen molar-refractivity contribution in [3.63, 3.8) is 0 Å². The fourth-order valence-corrected chi connectivity index (χ4v) is 11.5. The number of nitrogens with zero attached hydrogens (tertiary/aromatic N) is 3. The SMILES string of the molecule is Cc1ccccc1-c1ccc2c(n1)N1c3nc(-c4ccccc4C)ccc3C3(c4ccccc4-c4ccccc43)c3cccc(c31)C21c2ccccc2-c2ccccc21. The third-order valence-electron chi connectivity index (χ3n) is 13.8. The quantitative estimate of drug-likeness (QED) is 0.176. The molecule has 2 aliphatic heterocycles. The summed E-state index contributed by atoms with van der Waals surface area (Å²) in [6.07, 6.45) is 0. The van der Waals surface area contributed by atoms with Crippen LogP contribution in [0.15, 0.2) is 188 Å². The highest BCUT2D eigenvalue weighted by atomic mass is 15.3. The minimum atomic E-state index is -0.633. The first-order valence-corrected chi connectivity index (χ1v) is 20.6. The van der Waals surface area contributed by atoms with Gasteiger partial charge in [0.25, 0.3) is 0 Å². The second-order valence-corrected chi connectivity index (χ2v) is 16.5. The first kappa shape index (κ1) is 32.7. The van der Waals surface area contributed by atoms with Crippen LogP contribution in [0.5, 0.6) is 0 Å². The van der Waals surface area contributed by atoms with Crippen LogP contribution in [0.25, 0.3) is 44.8 Å². The lowest BCUT2D eigenvalue weighted by molar-refractivity contribution is 0.698. The van der Waals surface area contributed by atoms with Gasteiger partial charge in [-0.15, -0.1) is 0 Å². The molecule has 0 N–H and O–H groups in total. The number of pyridine rings is 2. The van der Waals surface area contributed by atoms with Gasteiger partial charge in [0.05, 0.1) is 27.9 Å².